The third-order valence-electron chi connectivity index (χ3n) is 0.348. The van der Waals surface area contributed by atoms with Crippen LogP contribution in [0.2, 0.25) is 0 Å². The molecular weight excluding hydrogens is 316 g/mol. The van der Waals surface area contributed by atoms with E-state index >= 15 is 0 Å². The Morgan fingerprint density at radius 3 is 1.82 bits per heavy atom. The molecule has 11 heavy (non-hydrogen) atoms. The first-order chi connectivity index (χ1) is 4.50. The Morgan fingerprint density at radius 1 is 1.55 bits per heavy atom. The molecule has 0 aliphatic rings. The van der Waals surface area contributed by atoms with Gasteiger partial charge >= 0.3 is 5.97 Å². The zero-order valence-corrected chi connectivity index (χ0v) is 10.4. The summed E-state index contributed by atoms with van der Waals surface area (Å²) in [7, 11) is 0. The standard InChI is InChI=1S/C4H8O2.C3H8O.W/c1-3-6-4(2)5;1-3(2)4;/h3H2,1-2H3;3-4H,1-2H3;. The Morgan fingerprint density at radius 2 is 1.82 bits per heavy atom. The van der Waals surface area contributed by atoms with Gasteiger partial charge in [0, 0.05) is 34.1 Å². The van der Waals surface area contributed by atoms with Crippen molar-refractivity contribution in [3.05, 3.63) is 0 Å². The molecular formula is C7H16O3W. The van der Waals surface area contributed by atoms with Gasteiger partial charge in [0.25, 0.3) is 0 Å². The summed E-state index contributed by atoms with van der Waals surface area (Å²) in [5, 5.41) is 8.06. The quantitative estimate of drug-likeness (QED) is 0.728. The maximum Gasteiger partial charge on any atom is 0.302 e. The molecule has 0 heterocycles. The van der Waals surface area contributed by atoms with Crippen molar-refractivity contribution in [2.45, 2.75) is 33.8 Å². The van der Waals surface area contributed by atoms with Crippen LogP contribution in [0.15, 0.2) is 0 Å². The van der Waals surface area contributed by atoms with Gasteiger partial charge in [-0.2, -0.15) is 0 Å². The zero-order valence-electron chi connectivity index (χ0n) is 7.46. The second-order valence-corrected chi connectivity index (χ2v) is 2.02. The smallest absolute Gasteiger partial charge is 0.302 e. The summed E-state index contributed by atoms with van der Waals surface area (Å²) in [4.78, 5) is 9.82. The summed E-state index contributed by atoms with van der Waals surface area (Å²) in [5.74, 6) is -0.211. The number of carbonyl (C=O) groups is 1. The van der Waals surface area contributed by atoms with Gasteiger partial charge in [0.15, 0.2) is 0 Å². The van der Waals surface area contributed by atoms with E-state index in [-0.39, 0.29) is 33.1 Å². The van der Waals surface area contributed by atoms with E-state index in [1.54, 1.807) is 20.8 Å². The average molecular weight is 332 g/mol. The molecule has 0 unspecified atom stereocenters. The van der Waals surface area contributed by atoms with Crippen molar-refractivity contribution in [1.82, 2.24) is 0 Å². The van der Waals surface area contributed by atoms with Gasteiger partial charge in [-0.15, -0.1) is 0 Å². The molecule has 0 bridgehead atoms. The van der Waals surface area contributed by atoms with Gasteiger partial charge in [-0.25, -0.2) is 0 Å². The number of hydrogen-bond acceptors (Lipinski definition) is 3. The van der Waals surface area contributed by atoms with Gasteiger partial charge in [0.05, 0.1) is 6.61 Å². The molecule has 0 aromatic carbocycles. The molecule has 0 fully saturated rings. The van der Waals surface area contributed by atoms with Crippen LogP contribution in [-0.4, -0.2) is 23.8 Å². The largest absolute Gasteiger partial charge is 0.466 e. The van der Waals surface area contributed by atoms with Crippen molar-refractivity contribution >= 4 is 5.97 Å². The average Bonchev–Trinajstić information content (AvgIpc) is 1.62. The summed E-state index contributed by atoms with van der Waals surface area (Å²) in [6.07, 6.45) is -0.167. The Bertz CT molecular complexity index is 81.0. The molecule has 68 valence electrons. The Hall–Kier alpha value is 0.118. The molecule has 3 nitrogen and oxygen atoms in total. The Labute approximate surface area is 82.4 Å². The summed E-state index contributed by atoms with van der Waals surface area (Å²) in [6, 6.07) is 0. The normalized spacial score (nSPS) is 7.45. The van der Waals surface area contributed by atoms with Crippen LogP contribution in [0.4, 0.5) is 0 Å². The van der Waals surface area contributed by atoms with E-state index in [1.807, 2.05) is 0 Å². The zero-order chi connectivity index (χ0) is 8.57. The van der Waals surface area contributed by atoms with E-state index < -0.39 is 0 Å². The third-order valence-corrected chi connectivity index (χ3v) is 0.348. The van der Waals surface area contributed by atoms with Crippen molar-refractivity contribution in [2.75, 3.05) is 6.61 Å². The molecule has 0 aliphatic heterocycles. The summed E-state index contributed by atoms with van der Waals surface area (Å²) in [5.41, 5.74) is 0. The molecule has 4 heteroatoms. The number of aliphatic hydroxyl groups is 1. The van der Waals surface area contributed by atoms with Crippen LogP contribution >= 0.6 is 0 Å². The van der Waals surface area contributed by atoms with Gasteiger partial charge in [0.1, 0.15) is 0 Å². The van der Waals surface area contributed by atoms with Gasteiger partial charge in [-0.1, -0.05) is 0 Å². The minimum Gasteiger partial charge on any atom is -0.466 e. The third kappa shape index (κ3) is 68.6. The molecule has 0 saturated carbocycles. The molecule has 0 amide bonds. The minimum atomic E-state index is -0.211. The number of ether oxygens (including phenoxy) is 1. The van der Waals surface area contributed by atoms with Gasteiger partial charge in [-0.05, 0) is 20.8 Å². The van der Waals surface area contributed by atoms with E-state index in [2.05, 4.69) is 4.74 Å². The summed E-state index contributed by atoms with van der Waals surface area (Å²) in [6.45, 7) is 7.10. The fourth-order valence-corrected chi connectivity index (χ4v) is 0.203. The molecule has 0 saturated heterocycles. The van der Waals surface area contributed by atoms with E-state index in [0.717, 1.165) is 0 Å². The predicted molar refractivity (Wildman–Crippen MR) is 39.7 cm³/mol. The van der Waals surface area contributed by atoms with Crippen LogP contribution in [0.5, 0.6) is 0 Å². The van der Waals surface area contributed by atoms with Gasteiger partial charge in [-0.3, -0.25) is 4.79 Å². The van der Waals surface area contributed by atoms with Crippen molar-refractivity contribution in [3.63, 3.8) is 0 Å². The first kappa shape index (κ1) is 17.3. The second kappa shape index (κ2) is 12.8. The van der Waals surface area contributed by atoms with Crippen LogP contribution in [0.1, 0.15) is 27.7 Å². The van der Waals surface area contributed by atoms with Crippen LogP contribution < -0.4 is 0 Å². The molecule has 0 rings (SSSR count). The molecule has 0 spiro atoms. The number of esters is 1. The predicted octanol–water partition coefficient (Wildman–Crippen LogP) is 0.954. The molecule has 0 radical (unpaired) electrons. The van der Waals surface area contributed by atoms with Gasteiger partial charge in [0.2, 0.25) is 0 Å². The van der Waals surface area contributed by atoms with Crippen molar-refractivity contribution in [3.8, 4) is 0 Å². The van der Waals surface area contributed by atoms with E-state index in [0.29, 0.717) is 6.61 Å². The molecule has 0 aromatic rings. The summed E-state index contributed by atoms with van der Waals surface area (Å²) >= 11 is 0. The number of carbonyl (C=O) groups excluding carboxylic acids is 1. The van der Waals surface area contributed by atoms with E-state index in [9.17, 15) is 4.79 Å². The molecule has 0 aliphatic carbocycles. The molecule has 1 N–H and O–H groups in total. The fourth-order valence-electron chi connectivity index (χ4n) is 0.203. The van der Waals surface area contributed by atoms with Crippen LogP contribution in [-0.2, 0) is 30.6 Å². The Balaban J connectivity index is -0.000000114. The van der Waals surface area contributed by atoms with E-state index in [4.69, 9.17) is 5.11 Å². The van der Waals surface area contributed by atoms with Crippen LogP contribution in [0, 0.1) is 0 Å². The van der Waals surface area contributed by atoms with Crippen molar-refractivity contribution in [1.29, 1.82) is 0 Å². The van der Waals surface area contributed by atoms with Crippen LogP contribution in [0.25, 0.3) is 0 Å². The monoisotopic (exact) mass is 332 g/mol. The first-order valence-corrected chi connectivity index (χ1v) is 3.32. The molecule has 0 atom stereocenters. The van der Waals surface area contributed by atoms with Crippen molar-refractivity contribution < 1.29 is 35.7 Å². The number of rotatable bonds is 1. The number of hydrogen-bond donors (Lipinski definition) is 1. The Kier molecular flexibility index (Phi) is 20.0. The maximum atomic E-state index is 9.82. The van der Waals surface area contributed by atoms with E-state index in [1.165, 1.54) is 6.92 Å². The SMILES string of the molecule is CC(C)O.CCOC(C)=O.[W]. The maximum absolute atomic E-state index is 9.82. The topological polar surface area (TPSA) is 46.5 Å². The van der Waals surface area contributed by atoms with Gasteiger partial charge < -0.3 is 9.84 Å². The first-order valence-electron chi connectivity index (χ1n) is 3.32. The minimum absolute atomic E-state index is 0. The van der Waals surface area contributed by atoms with Crippen molar-refractivity contribution in [2.24, 2.45) is 0 Å². The second-order valence-electron chi connectivity index (χ2n) is 2.02. The summed E-state index contributed by atoms with van der Waals surface area (Å²) < 4.78 is 4.40. The molecule has 0 aromatic heterocycles. The fraction of sp³-hybridized carbons (Fsp3) is 0.857. The number of aliphatic hydroxyl groups excluding tert-OH is 1. The van der Waals surface area contributed by atoms with Crippen LogP contribution in [0.3, 0.4) is 0 Å².